The van der Waals surface area contributed by atoms with Crippen molar-refractivity contribution in [1.82, 2.24) is 24.4 Å². The van der Waals surface area contributed by atoms with Crippen molar-refractivity contribution in [2.24, 2.45) is 0 Å². The molecular formula is C17H15ClN6. The zero-order chi connectivity index (χ0) is 16.4. The van der Waals surface area contributed by atoms with Gasteiger partial charge in [0.05, 0.1) is 25.0 Å². The molecule has 0 aliphatic carbocycles. The van der Waals surface area contributed by atoms with E-state index in [0.29, 0.717) is 17.3 Å². The fourth-order valence-electron chi connectivity index (χ4n) is 2.55. The maximum Gasteiger partial charge on any atom is 0.159 e. The van der Waals surface area contributed by atoms with Crippen LogP contribution in [0.25, 0.3) is 5.65 Å². The first kappa shape index (κ1) is 14.7. The van der Waals surface area contributed by atoms with Gasteiger partial charge in [-0.05, 0) is 11.6 Å². The quantitative estimate of drug-likeness (QED) is 0.567. The first-order valence-electron chi connectivity index (χ1n) is 7.58. The smallest absolute Gasteiger partial charge is 0.159 e. The largest absolute Gasteiger partial charge is 0.364 e. The van der Waals surface area contributed by atoms with Crippen LogP contribution in [0.4, 0.5) is 5.82 Å². The van der Waals surface area contributed by atoms with E-state index in [4.69, 9.17) is 11.6 Å². The second kappa shape index (κ2) is 6.33. The molecule has 0 saturated carbocycles. The van der Waals surface area contributed by atoms with Crippen molar-refractivity contribution in [3.8, 4) is 0 Å². The van der Waals surface area contributed by atoms with Gasteiger partial charge in [-0.15, -0.1) is 0 Å². The summed E-state index contributed by atoms with van der Waals surface area (Å²) in [5.41, 5.74) is 2.87. The predicted octanol–water partition coefficient (Wildman–Crippen LogP) is 3.24. The fourth-order valence-corrected chi connectivity index (χ4v) is 2.74. The Labute approximate surface area is 143 Å². The Hall–Kier alpha value is -2.86. The van der Waals surface area contributed by atoms with Gasteiger partial charge in [-0.25, -0.2) is 4.98 Å². The molecule has 4 rings (SSSR count). The fraction of sp³-hybridized carbons (Fsp3) is 0.118. The second-order valence-electron chi connectivity index (χ2n) is 5.41. The van der Waals surface area contributed by atoms with E-state index in [9.17, 15) is 0 Å². The van der Waals surface area contributed by atoms with Gasteiger partial charge in [-0.2, -0.15) is 14.7 Å². The summed E-state index contributed by atoms with van der Waals surface area (Å²) in [6, 6.07) is 15.8. The summed E-state index contributed by atoms with van der Waals surface area (Å²) in [5, 5.41) is 12.6. The molecule has 3 aromatic heterocycles. The predicted molar refractivity (Wildman–Crippen MR) is 93.1 cm³/mol. The second-order valence-corrected chi connectivity index (χ2v) is 5.80. The molecule has 0 atom stereocenters. The van der Waals surface area contributed by atoms with E-state index in [0.717, 1.165) is 18.1 Å². The van der Waals surface area contributed by atoms with Gasteiger partial charge in [0.15, 0.2) is 5.65 Å². The normalized spacial score (nSPS) is 11.0. The maximum atomic E-state index is 6.04. The molecule has 0 spiro atoms. The molecule has 0 radical (unpaired) electrons. The van der Waals surface area contributed by atoms with Crippen molar-refractivity contribution >= 4 is 23.1 Å². The van der Waals surface area contributed by atoms with Gasteiger partial charge in [0.1, 0.15) is 11.0 Å². The van der Waals surface area contributed by atoms with Crippen molar-refractivity contribution < 1.29 is 0 Å². The summed E-state index contributed by atoms with van der Waals surface area (Å²) in [6.07, 6.45) is 3.67. The number of hydrogen-bond acceptors (Lipinski definition) is 4. The first-order chi connectivity index (χ1) is 11.8. The van der Waals surface area contributed by atoms with E-state index >= 15 is 0 Å². The molecule has 0 amide bonds. The van der Waals surface area contributed by atoms with Crippen molar-refractivity contribution in [3.63, 3.8) is 0 Å². The third kappa shape index (κ3) is 3.09. The molecule has 6 nitrogen and oxygen atoms in total. The molecule has 0 fully saturated rings. The number of benzene rings is 1. The van der Waals surface area contributed by atoms with E-state index in [2.05, 4.69) is 32.6 Å². The van der Waals surface area contributed by atoms with Crippen molar-refractivity contribution in [2.45, 2.75) is 13.1 Å². The third-order valence-corrected chi connectivity index (χ3v) is 3.86. The van der Waals surface area contributed by atoms with Crippen molar-refractivity contribution in [2.75, 3.05) is 5.32 Å². The summed E-state index contributed by atoms with van der Waals surface area (Å²) in [7, 11) is 0. The minimum atomic E-state index is 0.431. The Bertz CT molecular complexity index is 960. The van der Waals surface area contributed by atoms with Crippen LogP contribution in [0.2, 0.25) is 5.15 Å². The summed E-state index contributed by atoms with van der Waals surface area (Å²) in [5.74, 6) is 0.785. The highest BCUT2D eigenvalue weighted by Gasteiger charge is 2.06. The highest BCUT2D eigenvalue weighted by Crippen LogP contribution is 2.16. The lowest BCUT2D eigenvalue weighted by atomic mass is 10.2. The molecule has 0 unspecified atom stereocenters. The molecule has 3 heterocycles. The number of rotatable bonds is 5. The van der Waals surface area contributed by atoms with Crippen LogP contribution in [-0.4, -0.2) is 24.4 Å². The summed E-state index contributed by atoms with van der Waals surface area (Å²) >= 11 is 6.04. The monoisotopic (exact) mass is 338 g/mol. The maximum absolute atomic E-state index is 6.04. The van der Waals surface area contributed by atoms with Crippen LogP contribution in [0.5, 0.6) is 0 Å². The Morgan fingerprint density at radius 1 is 1.08 bits per heavy atom. The zero-order valence-electron chi connectivity index (χ0n) is 12.8. The van der Waals surface area contributed by atoms with Crippen LogP contribution in [0.3, 0.4) is 0 Å². The van der Waals surface area contributed by atoms with Gasteiger partial charge < -0.3 is 5.32 Å². The van der Waals surface area contributed by atoms with Crippen LogP contribution in [0.1, 0.15) is 11.3 Å². The van der Waals surface area contributed by atoms with E-state index in [1.807, 2.05) is 41.2 Å². The summed E-state index contributed by atoms with van der Waals surface area (Å²) in [4.78, 5) is 4.21. The van der Waals surface area contributed by atoms with Crippen molar-refractivity contribution in [1.29, 1.82) is 0 Å². The number of hydrogen-bond donors (Lipinski definition) is 1. The lowest BCUT2D eigenvalue weighted by Gasteiger charge is -2.07. The van der Waals surface area contributed by atoms with Crippen LogP contribution in [0, 0.1) is 0 Å². The number of halogens is 1. The average Bonchev–Trinajstić information content (AvgIpc) is 3.22. The third-order valence-electron chi connectivity index (χ3n) is 3.66. The van der Waals surface area contributed by atoms with Gasteiger partial charge in [0.25, 0.3) is 0 Å². The summed E-state index contributed by atoms with van der Waals surface area (Å²) in [6.45, 7) is 1.34. The number of anilines is 1. The van der Waals surface area contributed by atoms with E-state index < -0.39 is 0 Å². The molecule has 0 saturated heterocycles. The lowest BCUT2D eigenvalue weighted by molar-refractivity contribution is 0.674. The first-order valence-corrected chi connectivity index (χ1v) is 7.96. The van der Waals surface area contributed by atoms with Gasteiger partial charge in [0.2, 0.25) is 0 Å². The highest BCUT2D eigenvalue weighted by molar-refractivity contribution is 6.29. The Morgan fingerprint density at radius 2 is 1.96 bits per heavy atom. The van der Waals surface area contributed by atoms with Crippen LogP contribution < -0.4 is 5.32 Å². The minimum Gasteiger partial charge on any atom is -0.364 e. The average molecular weight is 339 g/mol. The van der Waals surface area contributed by atoms with E-state index in [1.54, 1.807) is 16.8 Å². The van der Waals surface area contributed by atoms with Crippen LogP contribution in [-0.2, 0) is 13.1 Å². The van der Waals surface area contributed by atoms with Gasteiger partial charge >= 0.3 is 0 Å². The standard InChI is InChI=1S/C17H15ClN6/c18-15-10-17(24-16(21-15)6-8-20-24)19-11-14-7-9-23(22-14)12-13-4-2-1-3-5-13/h1-10,19H,11-12H2. The summed E-state index contributed by atoms with van der Waals surface area (Å²) < 4.78 is 3.64. The minimum absolute atomic E-state index is 0.431. The topological polar surface area (TPSA) is 60.0 Å². The number of fused-ring (bicyclic) bond motifs is 1. The highest BCUT2D eigenvalue weighted by atomic mass is 35.5. The number of aromatic nitrogens is 5. The molecule has 0 aliphatic rings. The molecule has 7 heteroatoms. The Morgan fingerprint density at radius 3 is 2.83 bits per heavy atom. The van der Waals surface area contributed by atoms with Gasteiger partial charge in [0, 0.05) is 18.3 Å². The molecule has 1 N–H and O–H groups in total. The Kier molecular flexibility index (Phi) is 3.88. The van der Waals surface area contributed by atoms with Crippen LogP contribution >= 0.6 is 11.6 Å². The molecule has 0 aliphatic heterocycles. The molecule has 24 heavy (non-hydrogen) atoms. The number of nitrogens with zero attached hydrogens (tertiary/aromatic N) is 5. The molecule has 4 aromatic rings. The Balaban J connectivity index is 1.47. The SMILES string of the molecule is Clc1cc(NCc2ccn(Cc3ccccc3)n2)n2nccc2n1. The van der Waals surface area contributed by atoms with Gasteiger partial charge in [-0.1, -0.05) is 41.9 Å². The van der Waals surface area contributed by atoms with E-state index in [-0.39, 0.29) is 0 Å². The lowest BCUT2D eigenvalue weighted by Crippen LogP contribution is -2.07. The van der Waals surface area contributed by atoms with Gasteiger partial charge in [-0.3, -0.25) is 4.68 Å². The zero-order valence-corrected chi connectivity index (χ0v) is 13.6. The molecule has 120 valence electrons. The number of nitrogens with one attached hydrogen (secondary N) is 1. The molecular weight excluding hydrogens is 324 g/mol. The molecule has 0 bridgehead atoms. The van der Waals surface area contributed by atoms with Crippen molar-refractivity contribution in [3.05, 3.63) is 77.3 Å². The molecule has 1 aromatic carbocycles. The van der Waals surface area contributed by atoms with Crippen LogP contribution in [0.15, 0.2) is 60.9 Å². The van der Waals surface area contributed by atoms with E-state index in [1.165, 1.54) is 5.56 Å².